The zero-order valence-electron chi connectivity index (χ0n) is 13.0. The Labute approximate surface area is 142 Å². The van der Waals surface area contributed by atoms with E-state index in [0.29, 0.717) is 18.8 Å². The van der Waals surface area contributed by atoms with Gasteiger partial charge >= 0.3 is 0 Å². The van der Waals surface area contributed by atoms with Crippen LogP contribution in [0.2, 0.25) is 0 Å². The van der Waals surface area contributed by atoms with E-state index >= 15 is 0 Å². The van der Waals surface area contributed by atoms with Crippen LogP contribution in [-0.2, 0) is 18.4 Å². The summed E-state index contributed by atoms with van der Waals surface area (Å²) in [5, 5.41) is 7.90. The Balaban J connectivity index is 1.67. The number of carbonyl (C=O) groups is 1. The van der Waals surface area contributed by atoms with Gasteiger partial charge in [0.15, 0.2) is 5.65 Å². The first-order valence-corrected chi connectivity index (χ1v) is 9.11. The number of nitrogens with zero attached hydrogens (tertiary/aromatic N) is 5. The van der Waals surface area contributed by atoms with E-state index in [1.54, 1.807) is 22.2 Å². The van der Waals surface area contributed by atoms with Crippen LogP contribution in [0.3, 0.4) is 0 Å². The summed E-state index contributed by atoms with van der Waals surface area (Å²) in [7, 11) is 1.84. The maximum atomic E-state index is 12.5. The van der Waals surface area contributed by atoms with Gasteiger partial charge in [0, 0.05) is 18.5 Å². The molecule has 23 heavy (non-hydrogen) atoms. The van der Waals surface area contributed by atoms with Gasteiger partial charge in [-0.25, -0.2) is 9.97 Å². The van der Waals surface area contributed by atoms with Crippen LogP contribution in [0.25, 0.3) is 11.0 Å². The van der Waals surface area contributed by atoms with Crippen LogP contribution in [0.1, 0.15) is 11.8 Å². The first-order valence-electron chi connectivity index (χ1n) is 7.24. The van der Waals surface area contributed by atoms with Gasteiger partial charge in [-0.3, -0.25) is 9.48 Å². The predicted octanol–water partition coefficient (Wildman–Crippen LogP) is 2.57. The lowest BCUT2D eigenvalue weighted by molar-refractivity contribution is -0.128. The fourth-order valence-corrected chi connectivity index (χ4v) is 3.83. The number of aromatic nitrogens is 4. The average molecular weight is 347 g/mol. The predicted molar refractivity (Wildman–Crippen MR) is 92.4 cm³/mol. The van der Waals surface area contributed by atoms with Crippen molar-refractivity contribution < 1.29 is 4.79 Å². The van der Waals surface area contributed by atoms with Gasteiger partial charge in [-0.05, 0) is 18.4 Å². The van der Waals surface area contributed by atoms with E-state index < -0.39 is 0 Å². The number of aryl methyl sites for hydroxylation is 1. The molecule has 0 aliphatic rings. The van der Waals surface area contributed by atoms with E-state index in [1.807, 2.05) is 30.3 Å². The van der Waals surface area contributed by atoms with Crippen LogP contribution in [0.15, 0.2) is 35.1 Å². The summed E-state index contributed by atoms with van der Waals surface area (Å²) in [5.74, 6) is 0.474. The minimum Gasteiger partial charge on any atom is -0.337 e. The lowest BCUT2D eigenvalue weighted by Crippen LogP contribution is -2.31. The largest absolute Gasteiger partial charge is 0.337 e. The van der Waals surface area contributed by atoms with Gasteiger partial charge in [0.1, 0.15) is 11.4 Å². The van der Waals surface area contributed by atoms with Crippen molar-refractivity contribution in [1.29, 1.82) is 0 Å². The van der Waals surface area contributed by atoms with Crippen molar-refractivity contribution in [3.8, 4) is 0 Å². The summed E-state index contributed by atoms with van der Waals surface area (Å²) >= 11 is 3.11. The second-order valence-corrected chi connectivity index (χ2v) is 6.96. The van der Waals surface area contributed by atoms with Gasteiger partial charge < -0.3 is 4.90 Å². The van der Waals surface area contributed by atoms with Gasteiger partial charge in [-0.15, -0.1) is 11.3 Å². The molecule has 0 spiro atoms. The van der Waals surface area contributed by atoms with Gasteiger partial charge in [0.25, 0.3) is 0 Å². The highest BCUT2D eigenvalue weighted by atomic mass is 32.2. The molecule has 8 heteroatoms. The molecule has 3 heterocycles. The molecule has 0 aliphatic heterocycles. The quantitative estimate of drug-likeness (QED) is 0.506. The molecule has 120 valence electrons. The molecule has 0 bridgehead atoms. The second-order valence-electron chi connectivity index (χ2n) is 4.96. The van der Waals surface area contributed by atoms with Crippen LogP contribution in [0.5, 0.6) is 0 Å². The summed E-state index contributed by atoms with van der Waals surface area (Å²) in [6.45, 7) is 3.36. The molecule has 1 amide bonds. The maximum absolute atomic E-state index is 12.5. The first kappa shape index (κ1) is 15.9. The zero-order valence-corrected chi connectivity index (χ0v) is 14.6. The van der Waals surface area contributed by atoms with Gasteiger partial charge in [0.2, 0.25) is 5.91 Å². The smallest absolute Gasteiger partial charge is 0.233 e. The zero-order chi connectivity index (χ0) is 16.2. The molecule has 0 saturated carbocycles. The SMILES string of the molecule is CCN(Cc1cccs1)C(=O)CSc1ncnc2c1cnn2C. The Morgan fingerprint density at radius 2 is 2.30 bits per heavy atom. The van der Waals surface area contributed by atoms with E-state index in [0.717, 1.165) is 16.1 Å². The summed E-state index contributed by atoms with van der Waals surface area (Å²) in [5.41, 5.74) is 0.779. The van der Waals surface area contributed by atoms with E-state index in [-0.39, 0.29) is 5.91 Å². The van der Waals surface area contributed by atoms with Gasteiger partial charge in [-0.2, -0.15) is 5.10 Å². The molecule has 0 fully saturated rings. The van der Waals surface area contributed by atoms with Crippen molar-refractivity contribution in [2.24, 2.45) is 7.05 Å². The van der Waals surface area contributed by atoms with Gasteiger partial charge in [-0.1, -0.05) is 17.8 Å². The van der Waals surface area contributed by atoms with E-state index in [1.165, 1.54) is 23.0 Å². The Morgan fingerprint density at radius 1 is 1.43 bits per heavy atom. The second kappa shape index (κ2) is 7.10. The van der Waals surface area contributed by atoms with Crippen LogP contribution in [-0.4, -0.2) is 42.9 Å². The van der Waals surface area contributed by atoms with Crippen molar-refractivity contribution in [3.05, 3.63) is 34.9 Å². The fraction of sp³-hybridized carbons (Fsp3) is 0.333. The van der Waals surface area contributed by atoms with Crippen molar-refractivity contribution in [2.45, 2.75) is 18.5 Å². The summed E-state index contributed by atoms with van der Waals surface area (Å²) in [6.07, 6.45) is 3.26. The molecule has 6 nitrogen and oxygen atoms in total. The Morgan fingerprint density at radius 3 is 3.04 bits per heavy atom. The molecule has 0 unspecified atom stereocenters. The third-order valence-electron chi connectivity index (χ3n) is 3.49. The van der Waals surface area contributed by atoms with E-state index in [9.17, 15) is 4.79 Å². The minimum absolute atomic E-state index is 0.113. The van der Waals surface area contributed by atoms with Gasteiger partial charge in [0.05, 0.1) is 23.9 Å². The fourth-order valence-electron chi connectivity index (χ4n) is 2.24. The molecule has 0 aliphatic carbocycles. The number of rotatable bonds is 6. The topological polar surface area (TPSA) is 63.9 Å². The molecule has 0 radical (unpaired) electrons. The molecule has 3 aromatic heterocycles. The monoisotopic (exact) mass is 347 g/mol. The number of fused-ring (bicyclic) bond motifs is 1. The molecular weight excluding hydrogens is 330 g/mol. The minimum atomic E-state index is 0.113. The Hall–Kier alpha value is -1.93. The maximum Gasteiger partial charge on any atom is 0.233 e. The summed E-state index contributed by atoms with van der Waals surface area (Å²) in [4.78, 5) is 24.0. The first-order chi connectivity index (χ1) is 11.2. The third kappa shape index (κ3) is 3.53. The Kier molecular flexibility index (Phi) is 4.92. The van der Waals surface area contributed by atoms with E-state index in [2.05, 4.69) is 21.1 Å². The van der Waals surface area contributed by atoms with Crippen LogP contribution >= 0.6 is 23.1 Å². The standard InChI is InChI=1S/C15H17N5OS2/c1-3-20(8-11-5-4-6-22-11)13(21)9-23-15-12-7-18-19(2)14(12)16-10-17-15/h4-7,10H,3,8-9H2,1-2H3. The lowest BCUT2D eigenvalue weighted by Gasteiger charge is -2.19. The van der Waals surface area contributed by atoms with Crippen molar-refractivity contribution in [2.75, 3.05) is 12.3 Å². The number of hydrogen-bond acceptors (Lipinski definition) is 6. The summed E-state index contributed by atoms with van der Waals surface area (Å²) in [6, 6.07) is 4.06. The normalized spacial score (nSPS) is 11.0. The molecular formula is C15H17N5OS2. The van der Waals surface area contributed by atoms with E-state index in [4.69, 9.17) is 0 Å². The van der Waals surface area contributed by atoms with Crippen LogP contribution in [0.4, 0.5) is 0 Å². The number of hydrogen-bond donors (Lipinski definition) is 0. The lowest BCUT2D eigenvalue weighted by atomic mass is 10.4. The number of thiophene rings is 1. The molecule has 3 aromatic rings. The molecule has 0 aromatic carbocycles. The highest BCUT2D eigenvalue weighted by Gasteiger charge is 2.15. The van der Waals surface area contributed by atoms with Crippen LogP contribution < -0.4 is 0 Å². The highest BCUT2D eigenvalue weighted by molar-refractivity contribution is 8.00. The number of amides is 1. The summed E-state index contributed by atoms with van der Waals surface area (Å²) < 4.78 is 1.71. The molecule has 0 saturated heterocycles. The third-order valence-corrected chi connectivity index (χ3v) is 5.34. The van der Waals surface area contributed by atoms with Crippen LogP contribution in [0, 0.1) is 0 Å². The van der Waals surface area contributed by atoms with Crippen molar-refractivity contribution in [1.82, 2.24) is 24.6 Å². The van der Waals surface area contributed by atoms with Crippen molar-refractivity contribution in [3.63, 3.8) is 0 Å². The molecule has 0 atom stereocenters. The van der Waals surface area contributed by atoms with Crippen molar-refractivity contribution >= 4 is 40.0 Å². The highest BCUT2D eigenvalue weighted by Crippen LogP contribution is 2.24. The average Bonchev–Trinajstić information content (AvgIpc) is 3.21. The number of carbonyl (C=O) groups excluding carboxylic acids is 1. The molecule has 3 rings (SSSR count). The molecule has 0 N–H and O–H groups in total. The Bertz CT molecular complexity index is 799. The number of thioether (sulfide) groups is 1.